The van der Waals surface area contributed by atoms with Crippen molar-refractivity contribution in [2.45, 2.75) is 64.0 Å². The van der Waals surface area contributed by atoms with Gasteiger partial charge in [0.1, 0.15) is 0 Å². The van der Waals surface area contributed by atoms with Gasteiger partial charge in [-0.05, 0) is 52.0 Å². The molecule has 0 aromatic heterocycles. The van der Waals surface area contributed by atoms with Crippen molar-refractivity contribution < 1.29 is 9.47 Å². The first kappa shape index (κ1) is 20.5. The van der Waals surface area contributed by atoms with Gasteiger partial charge >= 0.3 is 0 Å². The number of piperidine rings is 1. The second-order valence-corrected chi connectivity index (χ2v) is 7.22. The molecule has 2 unspecified atom stereocenters. The Labute approximate surface area is 153 Å². The molecule has 2 heterocycles. The van der Waals surface area contributed by atoms with Crippen LogP contribution in [0.4, 0.5) is 0 Å². The Balaban J connectivity index is 1.43. The summed E-state index contributed by atoms with van der Waals surface area (Å²) in [4.78, 5) is 6.91. The predicted molar refractivity (Wildman–Crippen MR) is 103 cm³/mol. The first-order chi connectivity index (χ1) is 12.3. The van der Waals surface area contributed by atoms with Crippen molar-refractivity contribution in [3.8, 4) is 0 Å². The van der Waals surface area contributed by atoms with Gasteiger partial charge in [-0.2, -0.15) is 0 Å². The van der Waals surface area contributed by atoms with Crippen molar-refractivity contribution in [3.63, 3.8) is 0 Å². The maximum Gasteiger partial charge on any atom is 0.190 e. The van der Waals surface area contributed by atoms with Gasteiger partial charge in [-0.15, -0.1) is 0 Å². The molecule has 2 aliphatic heterocycles. The van der Waals surface area contributed by atoms with Gasteiger partial charge in [-0.3, -0.25) is 4.99 Å². The number of aliphatic imine (C=N–C) groups is 1. The summed E-state index contributed by atoms with van der Waals surface area (Å²) in [5.74, 6) is 0.894. The first-order valence-corrected chi connectivity index (χ1v) is 10.2. The van der Waals surface area contributed by atoms with Crippen molar-refractivity contribution >= 4 is 5.96 Å². The summed E-state index contributed by atoms with van der Waals surface area (Å²) in [6, 6.07) is 0.751. The molecule has 2 saturated heterocycles. The van der Waals surface area contributed by atoms with Crippen molar-refractivity contribution in [3.05, 3.63) is 0 Å². The van der Waals surface area contributed by atoms with Crippen LogP contribution in [0.1, 0.15) is 51.9 Å². The Morgan fingerprint density at radius 1 is 1.16 bits per heavy atom. The zero-order valence-electron chi connectivity index (χ0n) is 16.3. The predicted octanol–water partition coefficient (Wildman–Crippen LogP) is 2.00. The highest BCUT2D eigenvalue weighted by atomic mass is 16.5. The normalized spacial score (nSPS) is 25.3. The van der Waals surface area contributed by atoms with E-state index >= 15 is 0 Å². The molecule has 2 aliphatic rings. The third-order valence-electron chi connectivity index (χ3n) is 5.16. The second-order valence-electron chi connectivity index (χ2n) is 7.22. The molecule has 0 bridgehead atoms. The topological polar surface area (TPSA) is 58.1 Å². The largest absolute Gasteiger partial charge is 0.379 e. The lowest BCUT2D eigenvalue weighted by molar-refractivity contribution is 0.0168. The number of guanidine groups is 1. The average Bonchev–Trinajstić information content (AvgIpc) is 3.14. The van der Waals surface area contributed by atoms with E-state index in [0.717, 1.165) is 64.2 Å². The Bertz CT molecular complexity index is 372. The summed E-state index contributed by atoms with van der Waals surface area (Å²) in [6.07, 6.45) is 8.89. The summed E-state index contributed by atoms with van der Waals surface area (Å²) in [5.41, 5.74) is 0. The van der Waals surface area contributed by atoms with Crippen LogP contribution in [0.5, 0.6) is 0 Å². The highest BCUT2D eigenvalue weighted by Gasteiger charge is 2.17. The molecule has 6 nitrogen and oxygen atoms in total. The molecule has 2 atom stereocenters. The number of nitrogens with zero attached hydrogens (tertiary/aromatic N) is 2. The summed E-state index contributed by atoms with van der Waals surface area (Å²) in [7, 11) is 1.83. The standard InChI is InChI=1S/C19H38N4O2/c1-17-8-3-4-12-23(17)13-6-10-21-19(20-2)22-11-7-14-24-16-18-9-5-15-25-18/h17-18H,3-16H2,1-2H3,(H2,20,21,22). The molecule has 146 valence electrons. The summed E-state index contributed by atoms with van der Waals surface area (Å²) >= 11 is 0. The Morgan fingerprint density at radius 2 is 2.00 bits per heavy atom. The SMILES string of the molecule is CN=C(NCCCOCC1CCCO1)NCCCN1CCCCC1C. The van der Waals surface area contributed by atoms with Crippen LogP contribution in [0.25, 0.3) is 0 Å². The van der Waals surface area contributed by atoms with Gasteiger partial charge in [0.2, 0.25) is 0 Å². The fourth-order valence-corrected chi connectivity index (χ4v) is 3.57. The van der Waals surface area contributed by atoms with E-state index in [9.17, 15) is 0 Å². The fraction of sp³-hybridized carbons (Fsp3) is 0.947. The van der Waals surface area contributed by atoms with Gasteiger partial charge < -0.3 is 25.0 Å². The zero-order valence-corrected chi connectivity index (χ0v) is 16.3. The fourth-order valence-electron chi connectivity index (χ4n) is 3.57. The first-order valence-electron chi connectivity index (χ1n) is 10.2. The molecule has 6 heteroatoms. The van der Waals surface area contributed by atoms with Crippen LogP contribution >= 0.6 is 0 Å². The Hall–Kier alpha value is -0.850. The van der Waals surface area contributed by atoms with Crippen LogP contribution in [-0.4, -0.2) is 76.1 Å². The van der Waals surface area contributed by atoms with E-state index < -0.39 is 0 Å². The van der Waals surface area contributed by atoms with E-state index in [1.165, 1.54) is 38.8 Å². The quantitative estimate of drug-likeness (QED) is 0.357. The molecular weight excluding hydrogens is 316 g/mol. The van der Waals surface area contributed by atoms with Gasteiger partial charge in [0.15, 0.2) is 5.96 Å². The van der Waals surface area contributed by atoms with Crippen molar-refractivity contribution in [2.24, 2.45) is 4.99 Å². The van der Waals surface area contributed by atoms with Gasteiger partial charge in [-0.1, -0.05) is 6.42 Å². The van der Waals surface area contributed by atoms with Gasteiger partial charge in [0, 0.05) is 45.9 Å². The van der Waals surface area contributed by atoms with E-state index in [2.05, 4.69) is 27.4 Å². The molecule has 0 amide bonds. The molecule has 25 heavy (non-hydrogen) atoms. The minimum Gasteiger partial charge on any atom is -0.379 e. The van der Waals surface area contributed by atoms with Crippen LogP contribution < -0.4 is 10.6 Å². The molecule has 0 spiro atoms. The van der Waals surface area contributed by atoms with Crippen LogP contribution in [0.2, 0.25) is 0 Å². The minimum absolute atomic E-state index is 0.324. The molecule has 0 aromatic rings. The molecule has 2 fully saturated rings. The molecule has 2 rings (SSSR count). The zero-order chi connectivity index (χ0) is 17.7. The molecule has 2 N–H and O–H groups in total. The number of hydrogen-bond acceptors (Lipinski definition) is 4. The molecule has 0 aliphatic carbocycles. The van der Waals surface area contributed by atoms with Gasteiger partial charge in [0.05, 0.1) is 12.7 Å². The number of rotatable bonds is 10. The summed E-state index contributed by atoms with van der Waals surface area (Å²) < 4.78 is 11.2. The number of hydrogen-bond donors (Lipinski definition) is 2. The third-order valence-corrected chi connectivity index (χ3v) is 5.16. The monoisotopic (exact) mass is 354 g/mol. The molecule has 0 saturated carbocycles. The van der Waals surface area contributed by atoms with Crippen molar-refractivity contribution in [1.82, 2.24) is 15.5 Å². The van der Waals surface area contributed by atoms with E-state index in [4.69, 9.17) is 9.47 Å². The number of likely N-dealkylation sites (tertiary alicyclic amines) is 1. The number of nitrogens with one attached hydrogen (secondary N) is 2. The van der Waals surface area contributed by atoms with Gasteiger partial charge in [0.25, 0.3) is 0 Å². The van der Waals surface area contributed by atoms with Crippen LogP contribution in [-0.2, 0) is 9.47 Å². The lowest BCUT2D eigenvalue weighted by atomic mass is 10.0. The maximum atomic E-state index is 5.68. The lowest BCUT2D eigenvalue weighted by Crippen LogP contribution is -2.41. The van der Waals surface area contributed by atoms with Crippen LogP contribution in [0, 0.1) is 0 Å². The minimum atomic E-state index is 0.324. The van der Waals surface area contributed by atoms with Crippen LogP contribution in [0.3, 0.4) is 0 Å². The van der Waals surface area contributed by atoms with Gasteiger partial charge in [-0.25, -0.2) is 0 Å². The molecule has 0 aromatic carbocycles. The summed E-state index contributed by atoms with van der Waals surface area (Å²) in [6.45, 7) is 9.07. The highest BCUT2D eigenvalue weighted by molar-refractivity contribution is 5.79. The lowest BCUT2D eigenvalue weighted by Gasteiger charge is -2.33. The van der Waals surface area contributed by atoms with E-state index in [1.807, 2.05) is 7.05 Å². The number of ether oxygens (including phenoxy) is 2. The molecular formula is C19H38N4O2. The average molecular weight is 355 g/mol. The smallest absolute Gasteiger partial charge is 0.190 e. The second kappa shape index (κ2) is 12.5. The Kier molecular flexibility index (Phi) is 10.2. The molecule has 0 radical (unpaired) electrons. The Morgan fingerprint density at radius 3 is 2.72 bits per heavy atom. The van der Waals surface area contributed by atoms with Crippen molar-refractivity contribution in [1.29, 1.82) is 0 Å². The van der Waals surface area contributed by atoms with Crippen molar-refractivity contribution in [2.75, 3.05) is 53.0 Å². The summed E-state index contributed by atoms with van der Waals surface area (Å²) in [5, 5.41) is 6.77. The van der Waals surface area contributed by atoms with E-state index in [0.29, 0.717) is 6.10 Å². The third kappa shape index (κ3) is 8.38. The van der Waals surface area contributed by atoms with E-state index in [-0.39, 0.29) is 0 Å². The maximum absolute atomic E-state index is 5.68. The van der Waals surface area contributed by atoms with E-state index in [1.54, 1.807) is 0 Å². The highest BCUT2D eigenvalue weighted by Crippen LogP contribution is 2.16. The van der Waals surface area contributed by atoms with Crippen LogP contribution in [0.15, 0.2) is 4.99 Å².